The van der Waals surface area contributed by atoms with Crippen LogP contribution >= 0.6 is 0 Å². The van der Waals surface area contributed by atoms with Gasteiger partial charge in [-0.05, 0) is 49.2 Å². The summed E-state index contributed by atoms with van der Waals surface area (Å²) in [7, 11) is 1.83. The summed E-state index contributed by atoms with van der Waals surface area (Å²) < 4.78 is 33.5. The molecule has 0 aliphatic rings. The van der Waals surface area contributed by atoms with Gasteiger partial charge in [0.15, 0.2) is 5.82 Å². The molecule has 2 aromatic carbocycles. The summed E-state index contributed by atoms with van der Waals surface area (Å²) in [6, 6.07) is 8.91. The molecule has 5 rings (SSSR count). The highest BCUT2D eigenvalue weighted by Gasteiger charge is 2.21. The number of nitrogens with zero attached hydrogens (tertiary/aromatic N) is 4. The van der Waals surface area contributed by atoms with Crippen LogP contribution in [0.25, 0.3) is 38.9 Å². The van der Waals surface area contributed by atoms with Gasteiger partial charge < -0.3 is 14.9 Å². The predicted molar refractivity (Wildman–Crippen MR) is 127 cm³/mol. The van der Waals surface area contributed by atoms with Crippen molar-refractivity contribution in [1.82, 2.24) is 23.9 Å². The van der Waals surface area contributed by atoms with Gasteiger partial charge in [-0.3, -0.25) is 5.41 Å². The second-order valence-corrected chi connectivity index (χ2v) is 8.35. The number of fused-ring (bicyclic) bond motifs is 2. The van der Waals surface area contributed by atoms with Gasteiger partial charge in [0.25, 0.3) is 0 Å². The lowest BCUT2D eigenvalue weighted by atomic mass is 10.1. The molecule has 0 saturated heterocycles. The predicted octanol–water partition coefficient (Wildman–Crippen LogP) is 4.06. The van der Waals surface area contributed by atoms with Gasteiger partial charge in [-0.25, -0.2) is 23.2 Å². The van der Waals surface area contributed by atoms with E-state index in [1.54, 1.807) is 24.5 Å². The van der Waals surface area contributed by atoms with E-state index in [0.717, 1.165) is 23.9 Å². The molecule has 5 aromatic rings. The summed E-state index contributed by atoms with van der Waals surface area (Å²) >= 11 is 0. The third-order valence-electron chi connectivity index (χ3n) is 6.02. The van der Waals surface area contributed by atoms with E-state index in [2.05, 4.69) is 10.2 Å². The summed E-state index contributed by atoms with van der Waals surface area (Å²) in [4.78, 5) is 12.9. The molecule has 0 aliphatic carbocycles. The van der Waals surface area contributed by atoms with Crippen molar-refractivity contribution in [3.63, 3.8) is 0 Å². The lowest BCUT2D eigenvalue weighted by molar-refractivity contribution is 0.626. The van der Waals surface area contributed by atoms with Gasteiger partial charge in [0, 0.05) is 54.3 Å². The van der Waals surface area contributed by atoms with Crippen molar-refractivity contribution < 1.29 is 8.78 Å². The average Bonchev–Trinajstić information content (AvgIpc) is 3.44. The molecule has 0 saturated carbocycles. The number of amidine groups is 1. The number of aromatic nitrogens is 5. The quantitative estimate of drug-likeness (QED) is 0.192. The van der Waals surface area contributed by atoms with E-state index < -0.39 is 17.3 Å². The Kier molecular flexibility index (Phi) is 5.27. The van der Waals surface area contributed by atoms with Gasteiger partial charge in [0.2, 0.25) is 0 Å². The average molecular weight is 463 g/mol. The third-order valence-corrected chi connectivity index (χ3v) is 6.02. The summed E-state index contributed by atoms with van der Waals surface area (Å²) in [5.41, 5.74) is 7.57. The van der Waals surface area contributed by atoms with Crippen LogP contribution in [0.3, 0.4) is 0 Å². The van der Waals surface area contributed by atoms with Gasteiger partial charge in [0.05, 0.1) is 17.0 Å². The largest absolute Gasteiger partial charge is 0.388 e. The van der Waals surface area contributed by atoms with Crippen LogP contribution in [0.4, 0.5) is 8.78 Å². The molecule has 174 valence electrons. The SMILES string of the molecule is Cn1cc(-c2n[nH]c(=O)n2-c2cn(CCCCC(=N)N)c3ccc(F)cc23)c2cc(F)ccc21. The van der Waals surface area contributed by atoms with Crippen LogP contribution in [0.5, 0.6) is 0 Å². The Balaban J connectivity index is 1.67. The molecule has 3 aromatic heterocycles. The molecule has 0 atom stereocenters. The summed E-state index contributed by atoms with van der Waals surface area (Å²) in [6.45, 7) is 0.608. The van der Waals surface area contributed by atoms with Gasteiger partial charge in [-0.2, -0.15) is 5.10 Å². The maximum Gasteiger partial charge on any atom is 0.348 e. The first kappa shape index (κ1) is 21.6. The summed E-state index contributed by atoms with van der Waals surface area (Å²) in [6.07, 6.45) is 5.59. The van der Waals surface area contributed by atoms with Crippen LogP contribution < -0.4 is 11.4 Å². The Bertz CT molecular complexity index is 1610. The van der Waals surface area contributed by atoms with Crippen LogP contribution in [-0.4, -0.2) is 29.7 Å². The van der Waals surface area contributed by atoms with E-state index in [9.17, 15) is 13.6 Å². The van der Waals surface area contributed by atoms with E-state index in [4.69, 9.17) is 11.1 Å². The molecule has 8 nitrogen and oxygen atoms in total. The number of nitrogens with two attached hydrogens (primary N) is 1. The molecule has 0 aliphatic heterocycles. The lowest BCUT2D eigenvalue weighted by Gasteiger charge is -2.05. The van der Waals surface area contributed by atoms with Crippen molar-refractivity contribution >= 4 is 27.6 Å². The highest BCUT2D eigenvalue weighted by Crippen LogP contribution is 2.33. The normalized spacial score (nSPS) is 11.6. The summed E-state index contributed by atoms with van der Waals surface area (Å²) in [5.74, 6) is -0.371. The van der Waals surface area contributed by atoms with Crippen molar-refractivity contribution in [2.75, 3.05) is 0 Å². The Hall–Kier alpha value is -4.21. The Morgan fingerprint density at radius 3 is 2.50 bits per heavy atom. The molecular weight excluding hydrogens is 440 g/mol. The van der Waals surface area contributed by atoms with Crippen molar-refractivity contribution in [2.45, 2.75) is 25.8 Å². The minimum atomic E-state index is -0.483. The fourth-order valence-corrected chi connectivity index (χ4v) is 4.45. The highest BCUT2D eigenvalue weighted by molar-refractivity contribution is 5.96. The molecule has 0 amide bonds. The Morgan fingerprint density at radius 2 is 1.76 bits per heavy atom. The first-order chi connectivity index (χ1) is 16.3. The highest BCUT2D eigenvalue weighted by atomic mass is 19.1. The fourth-order valence-electron chi connectivity index (χ4n) is 4.45. The number of rotatable bonds is 7. The molecular formula is C24H23F2N7O. The van der Waals surface area contributed by atoms with Crippen LogP contribution in [0, 0.1) is 17.0 Å². The number of aryl methyl sites for hydroxylation is 2. The minimum Gasteiger partial charge on any atom is -0.388 e. The first-order valence-electron chi connectivity index (χ1n) is 10.9. The number of hydrogen-bond donors (Lipinski definition) is 3. The standard InChI is InChI=1S/C24H23F2N7O/c1-31-12-18(16-10-14(25)5-7-19(16)31)23-29-30-24(34)33(23)21-13-32(9-3-2-4-22(27)28)20-8-6-15(26)11-17(20)21/h5-8,10-13H,2-4,9H2,1H3,(H3,27,28)(H,30,34). The van der Waals surface area contributed by atoms with Crippen LogP contribution in [0.15, 0.2) is 53.6 Å². The second kappa shape index (κ2) is 8.29. The van der Waals surface area contributed by atoms with Gasteiger partial charge in [-0.15, -0.1) is 0 Å². The lowest BCUT2D eigenvalue weighted by Crippen LogP contribution is -2.15. The van der Waals surface area contributed by atoms with E-state index >= 15 is 0 Å². The number of benzene rings is 2. The Morgan fingerprint density at radius 1 is 1.06 bits per heavy atom. The number of aromatic amines is 1. The van der Waals surface area contributed by atoms with E-state index in [1.165, 1.54) is 28.8 Å². The minimum absolute atomic E-state index is 0.140. The maximum absolute atomic E-state index is 14.2. The molecule has 0 spiro atoms. The monoisotopic (exact) mass is 463 g/mol. The number of H-pyrrole nitrogens is 1. The van der Waals surface area contributed by atoms with Crippen molar-refractivity contribution in [2.24, 2.45) is 12.8 Å². The third kappa shape index (κ3) is 3.66. The number of hydrogen-bond acceptors (Lipinski definition) is 3. The molecule has 4 N–H and O–H groups in total. The number of halogens is 2. The molecule has 0 unspecified atom stereocenters. The van der Waals surface area contributed by atoms with Gasteiger partial charge in [0.1, 0.15) is 11.6 Å². The molecule has 3 heterocycles. The van der Waals surface area contributed by atoms with Crippen molar-refractivity contribution in [3.8, 4) is 17.1 Å². The van der Waals surface area contributed by atoms with Crippen LogP contribution in [-0.2, 0) is 13.6 Å². The summed E-state index contributed by atoms with van der Waals surface area (Å²) in [5, 5.41) is 15.3. The van der Waals surface area contributed by atoms with Crippen molar-refractivity contribution in [3.05, 3.63) is 70.9 Å². The topological polar surface area (TPSA) is 110 Å². The zero-order chi connectivity index (χ0) is 24.0. The van der Waals surface area contributed by atoms with Crippen molar-refractivity contribution in [1.29, 1.82) is 5.41 Å². The van der Waals surface area contributed by atoms with Crippen LogP contribution in [0.1, 0.15) is 19.3 Å². The zero-order valence-corrected chi connectivity index (χ0v) is 18.5. The molecule has 10 heteroatoms. The molecule has 0 bridgehead atoms. The Labute approximate surface area is 192 Å². The van der Waals surface area contributed by atoms with Crippen LogP contribution in [0.2, 0.25) is 0 Å². The van der Waals surface area contributed by atoms with E-state index in [-0.39, 0.29) is 5.84 Å². The van der Waals surface area contributed by atoms with Gasteiger partial charge >= 0.3 is 5.69 Å². The second-order valence-electron chi connectivity index (χ2n) is 8.35. The van der Waals surface area contributed by atoms with E-state index in [1.807, 2.05) is 16.2 Å². The molecule has 0 radical (unpaired) electrons. The number of unbranched alkanes of at least 4 members (excludes halogenated alkanes) is 1. The zero-order valence-electron chi connectivity index (χ0n) is 18.5. The molecule has 34 heavy (non-hydrogen) atoms. The molecule has 0 fully saturated rings. The number of nitrogens with one attached hydrogen (secondary N) is 2. The maximum atomic E-state index is 14.2. The van der Waals surface area contributed by atoms with Gasteiger partial charge in [-0.1, -0.05) is 0 Å². The first-order valence-corrected chi connectivity index (χ1v) is 10.9. The fraction of sp³-hybridized carbons (Fsp3) is 0.208. The van der Waals surface area contributed by atoms with E-state index in [0.29, 0.717) is 40.8 Å². The smallest absolute Gasteiger partial charge is 0.348 e.